The monoisotopic (exact) mass is 255 g/mol. The van der Waals surface area contributed by atoms with E-state index in [9.17, 15) is 9.18 Å². The van der Waals surface area contributed by atoms with E-state index in [0.717, 1.165) is 6.07 Å². The lowest BCUT2D eigenvalue weighted by Gasteiger charge is -2.16. The van der Waals surface area contributed by atoms with E-state index in [1.807, 2.05) is 18.9 Å². The molecule has 0 aliphatic heterocycles. The Morgan fingerprint density at radius 1 is 1.44 bits per heavy atom. The van der Waals surface area contributed by atoms with E-state index in [0.29, 0.717) is 31.9 Å². The van der Waals surface area contributed by atoms with E-state index in [-0.39, 0.29) is 5.56 Å². The number of aromatic carboxylic acids is 1. The van der Waals surface area contributed by atoms with Crippen molar-refractivity contribution in [2.75, 3.05) is 26.8 Å². The van der Waals surface area contributed by atoms with E-state index >= 15 is 0 Å². The van der Waals surface area contributed by atoms with Crippen LogP contribution in [0.4, 0.5) is 4.39 Å². The summed E-state index contributed by atoms with van der Waals surface area (Å²) in [5, 5.41) is 8.84. The standard InChI is InChI=1S/C13H18FNO3/c1-3-18-5-4-15(2)9-10-6-11(13(16)17)8-12(14)7-10/h6-8H,3-5,9H2,1-2H3,(H,16,17). The molecule has 0 bridgehead atoms. The lowest BCUT2D eigenvalue weighted by molar-refractivity contribution is 0.0696. The summed E-state index contributed by atoms with van der Waals surface area (Å²) in [6.07, 6.45) is 0. The molecule has 18 heavy (non-hydrogen) atoms. The van der Waals surface area contributed by atoms with Gasteiger partial charge in [-0.3, -0.25) is 4.90 Å². The van der Waals surface area contributed by atoms with Crippen LogP contribution < -0.4 is 0 Å². The third kappa shape index (κ3) is 4.81. The molecule has 0 saturated heterocycles. The largest absolute Gasteiger partial charge is 0.478 e. The highest BCUT2D eigenvalue weighted by Gasteiger charge is 2.08. The molecule has 0 aliphatic carbocycles. The fourth-order valence-corrected chi connectivity index (χ4v) is 1.62. The van der Waals surface area contributed by atoms with Crippen molar-refractivity contribution < 1.29 is 19.0 Å². The summed E-state index contributed by atoms with van der Waals surface area (Å²) in [5.41, 5.74) is 0.620. The number of carboxylic acid groups (broad SMARTS) is 1. The summed E-state index contributed by atoms with van der Waals surface area (Å²) in [7, 11) is 1.88. The Bertz CT molecular complexity index is 409. The van der Waals surface area contributed by atoms with Gasteiger partial charge in [0.15, 0.2) is 0 Å². The Balaban J connectivity index is 2.63. The van der Waals surface area contributed by atoms with Crippen LogP contribution in [0.5, 0.6) is 0 Å². The fraction of sp³-hybridized carbons (Fsp3) is 0.462. The van der Waals surface area contributed by atoms with Crippen molar-refractivity contribution in [3.63, 3.8) is 0 Å². The first-order chi connectivity index (χ1) is 8.52. The molecule has 1 aromatic carbocycles. The highest BCUT2D eigenvalue weighted by Crippen LogP contribution is 2.11. The summed E-state index contributed by atoms with van der Waals surface area (Å²) >= 11 is 0. The van der Waals surface area contributed by atoms with Gasteiger partial charge in [-0.1, -0.05) is 0 Å². The molecular weight excluding hydrogens is 237 g/mol. The molecule has 100 valence electrons. The Hall–Kier alpha value is -1.46. The number of hydrogen-bond donors (Lipinski definition) is 1. The molecule has 0 amide bonds. The van der Waals surface area contributed by atoms with Crippen molar-refractivity contribution >= 4 is 5.97 Å². The van der Waals surface area contributed by atoms with Crippen molar-refractivity contribution in [2.45, 2.75) is 13.5 Å². The minimum Gasteiger partial charge on any atom is -0.478 e. The lowest BCUT2D eigenvalue weighted by atomic mass is 10.1. The minimum absolute atomic E-state index is 0.0248. The number of likely N-dealkylation sites (N-methyl/N-ethyl adjacent to an activating group) is 1. The van der Waals surface area contributed by atoms with Crippen LogP contribution in [0.3, 0.4) is 0 Å². The second kappa shape index (κ2) is 7.08. The van der Waals surface area contributed by atoms with Gasteiger partial charge in [-0.2, -0.15) is 0 Å². The summed E-state index contributed by atoms with van der Waals surface area (Å²) < 4.78 is 18.5. The zero-order valence-corrected chi connectivity index (χ0v) is 10.6. The predicted molar refractivity (Wildman–Crippen MR) is 66.2 cm³/mol. The van der Waals surface area contributed by atoms with Crippen molar-refractivity contribution in [1.82, 2.24) is 4.90 Å². The molecule has 0 saturated carbocycles. The van der Waals surface area contributed by atoms with Gasteiger partial charge in [0.25, 0.3) is 0 Å². The number of carboxylic acids is 1. The van der Waals surface area contributed by atoms with Gasteiger partial charge in [0, 0.05) is 19.7 Å². The van der Waals surface area contributed by atoms with Crippen LogP contribution in [-0.2, 0) is 11.3 Å². The molecule has 1 aromatic rings. The van der Waals surface area contributed by atoms with Crippen LogP contribution >= 0.6 is 0 Å². The third-order valence-electron chi connectivity index (χ3n) is 2.48. The number of carbonyl (C=O) groups is 1. The van der Waals surface area contributed by atoms with Gasteiger partial charge >= 0.3 is 5.97 Å². The maximum atomic E-state index is 13.2. The van der Waals surface area contributed by atoms with Gasteiger partial charge in [0.1, 0.15) is 5.82 Å². The van der Waals surface area contributed by atoms with Crippen molar-refractivity contribution in [3.05, 3.63) is 35.1 Å². The molecule has 0 heterocycles. The summed E-state index contributed by atoms with van der Waals surface area (Å²) in [6, 6.07) is 3.86. The highest BCUT2D eigenvalue weighted by molar-refractivity contribution is 5.87. The van der Waals surface area contributed by atoms with E-state index in [1.54, 1.807) is 0 Å². The summed E-state index contributed by atoms with van der Waals surface area (Å²) in [4.78, 5) is 12.8. The zero-order valence-electron chi connectivity index (χ0n) is 10.6. The maximum absolute atomic E-state index is 13.2. The highest BCUT2D eigenvalue weighted by atomic mass is 19.1. The molecule has 0 aromatic heterocycles. The smallest absolute Gasteiger partial charge is 0.335 e. The third-order valence-corrected chi connectivity index (χ3v) is 2.48. The molecule has 5 heteroatoms. The van der Waals surface area contributed by atoms with Gasteiger partial charge in [0.2, 0.25) is 0 Å². The number of rotatable bonds is 7. The molecule has 0 aliphatic rings. The Morgan fingerprint density at radius 3 is 2.78 bits per heavy atom. The number of nitrogens with zero attached hydrogens (tertiary/aromatic N) is 1. The molecular formula is C13H18FNO3. The molecule has 0 spiro atoms. The SMILES string of the molecule is CCOCCN(C)Cc1cc(F)cc(C(=O)O)c1. The molecule has 4 nitrogen and oxygen atoms in total. The Kier molecular flexibility index (Phi) is 5.74. The predicted octanol–water partition coefficient (Wildman–Crippen LogP) is 1.99. The first kappa shape index (κ1) is 14.6. The molecule has 0 atom stereocenters. The normalized spacial score (nSPS) is 10.9. The van der Waals surface area contributed by atoms with E-state index in [1.165, 1.54) is 12.1 Å². The first-order valence-corrected chi connectivity index (χ1v) is 5.82. The summed E-state index contributed by atoms with van der Waals surface area (Å²) in [6.45, 7) is 4.40. The second-order valence-electron chi connectivity index (χ2n) is 4.09. The van der Waals surface area contributed by atoms with Gasteiger partial charge in [0.05, 0.1) is 12.2 Å². The van der Waals surface area contributed by atoms with Gasteiger partial charge in [-0.05, 0) is 37.7 Å². The summed E-state index contributed by atoms with van der Waals surface area (Å²) in [5.74, 6) is -1.64. The number of hydrogen-bond acceptors (Lipinski definition) is 3. The zero-order chi connectivity index (χ0) is 13.5. The molecule has 1 rings (SSSR count). The Labute approximate surface area is 106 Å². The van der Waals surface area contributed by atoms with Crippen molar-refractivity contribution in [3.8, 4) is 0 Å². The van der Waals surface area contributed by atoms with Crippen LogP contribution in [0.25, 0.3) is 0 Å². The average Bonchev–Trinajstić information content (AvgIpc) is 2.28. The first-order valence-electron chi connectivity index (χ1n) is 5.82. The van der Waals surface area contributed by atoms with Crippen LogP contribution in [0.2, 0.25) is 0 Å². The number of ether oxygens (including phenoxy) is 1. The van der Waals surface area contributed by atoms with Crippen LogP contribution in [0.1, 0.15) is 22.8 Å². The van der Waals surface area contributed by atoms with E-state index in [2.05, 4.69) is 0 Å². The van der Waals surface area contributed by atoms with Crippen molar-refractivity contribution in [2.24, 2.45) is 0 Å². The fourth-order valence-electron chi connectivity index (χ4n) is 1.62. The number of halogens is 1. The van der Waals surface area contributed by atoms with Crippen LogP contribution in [0, 0.1) is 5.82 Å². The lowest BCUT2D eigenvalue weighted by Crippen LogP contribution is -2.23. The molecule has 0 unspecified atom stereocenters. The van der Waals surface area contributed by atoms with E-state index in [4.69, 9.17) is 9.84 Å². The maximum Gasteiger partial charge on any atom is 0.335 e. The van der Waals surface area contributed by atoms with E-state index < -0.39 is 11.8 Å². The van der Waals surface area contributed by atoms with Gasteiger partial charge < -0.3 is 9.84 Å². The number of benzene rings is 1. The second-order valence-corrected chi connectivity index (χ2v) is 4.09. The van der Waals surface area contributed by atoms with Crippen molar-refractivity contribution in [1.29, 1.82) is 0 Å². The quantitative estimate of drug-likeness (QED) is 0.757. The molecule has 0 fully saturated rings. The Morgan fingerprint density at radius 2 is 2.17 bits per heavy atom. The van der Waals surface area contributed by atoms with Gasteiger partial charge in [-0.25, -0.2) is 9.18 Å². The van der Waals surface area contributed by atoms with Crippen LogP contribution in [0.15, 0.2) is 18.2 Å². The minimum atomic E-state index is -1.12. The average molecular weight is 255 g/mol. The van der Waals surface area contributed by atoms with Crippen LogP contribution in [-0.4, -0.2) is 42.8 Å². The molecule has 0 radical (unpaired) electrons. The molecule has 1 N–H and O–H groups in total. The van der Waals surface area contributed by atoms with Gasteiger partial charge in [-0.15, -0.1) is 0 Å². The topological polar surface area (TPSA) is 49.8 Å².